The van der Waals surface area contributed by atoms with E-state index in [1.807, 2.05) is 6.92 Å². The number of carbonyl (C=O) groups is 1. The van der Waals surface area contributed by atoms with Crippen LogP contribution >= 0.6 is 0 Å². The fourth-order valence-corrected chi connectivity index (χ4v) is 1.91. The molecule has 0 aromatic heterocycles. The zero-order chi connectivity index (χ0) is 14.7. The first-order valence-corrected chi connectivity index (χ1v) is 5.78. The molecule has 0 radical (unpaired) electrons. The zero-order valence-electron chi connectivity index (χ0n) is 10.5. The van der Waals surface area contributed by atoms with Gasteiger partial charge in [0.05, 0.1) is 0 Å². The van der Waals surface area contributed by atoms with Crippen LogP contribution in [0.4, 0.5) is 13.2 Å². The van der Waals surface area contributed by atoms with Crippen molar-refractivity contribution in [2.24, 2.45) is 5.73 Å². The third-order valence-electron chi connectivity index (χ3n) is 3.20. The number of aliphatic carboxylic acids is 1. The van der Waals surface area contributed by atoms with Gasteiger partial charge in [0.15, 0.2) is 0 Å². The highest BCUT2D eigenvalue weighted by atomic mass is 19.4. The Bertz CT molecular complexity index is 442. The van der Waals surface area contributed by atoms with E-state index in [0.717, 1.165) is 5.56 Å². The second-order valence-corrected chi connectivity index (χ2v) is 4.57. The number of carboxylic acid groups (broad SMARTS) is 1. The molecule has 1 atom stereocenters. The van der Waals surface area contributed by atoms with Gasteiger partial charge in [-0.05, 0) is 18.9 Å². The van der Waals surface area contributed by atoms with E-state index in [4.69, 9.17) is 5.73 Å². The summed E-state index contributed by atoms with van der Waals surface area (Å²) >= 11 is 0. The summed E-state index contributed by atoms with van der Waals surface area (Å²) in [5, 5.41) is 9.30. The maximum Gasteiger partial charge on any atom is 0.389 e. The van der Waals surface area contributed by atoms with Gasteiger partial charge in [-0.2, -0.15) is 13.2 Å². The maximum absolute atomic E-state index is 12.3. The van der Waals surface area contributed by atoms with Crippen LogP contribution in [0.3, 0.4) is 0 Å². The quantitative estimate of drug-likeness (QED) is 0.868. The molecule has 0 aliphatic carbocycles. The molecule has 1 unspecified atom stereocenters. The predicted octanol–water partition coefficient (Wildman–Crippen LogP) is 2.62. The Morgan fingerprint density at radius 3 is 2.11 bits per heavy atom. The molecule has 1 aromatic rings. The third-order valence-corrected chi connectivity index (χ3v) is 3.20. The number of hydrogen-bond acceptors (Lipinski definition) is 2. The molecule has 0 spiro atoms. The van der Waals surface area contributed by atoms with Crippen molar-refractivity contribution in [1.82, 2.24) is 0 Å². The molecule has 0 saturated heterocycles. The summed E-state index contributed by atoms with van der Waals surface area (Å²) in [6, 6.07) is 6.37. The van der Waals surface area contributed by atoms with E-state index in [1.165, 1.54) is 12.1 Å². The minimum atomic E-state index is -4.40. The van der Waals surface area contributed by atoms with Crippen LogP contribution < -0.4 is 5.73 Å². The molecule has 0 aliphatic rings. The van der Waals surface area contributed by atoms with Gasteiger partial charge in [-0.25, -0.2) is 0 Å². The molecule has 0 heterocycles. The highest BCUT2D eigenvalue weighted by molar-refractivity contribution is 5.81. The van der Waals surface area contributed by atoms with E-state index in [9.17, 15) is 23.1 Å². The molecule has 0 amide bonds. The van der Waals surface area contributed by atoms with Crippen LogP contribution in [0.5, 0.6) is 0 Å². The Labute approximate surface area is 109 Å². The van der Waals surface area contributed by atoms with Gasteiger partial charge in [-0.15, -0.1) is 0 Å². The van der Waals surface area contributed by atoms with Crippen molar-refractivity contribution in [1.29, 1.82) is 0 Å². The van der Waals surface area contributed by atoms with Gasteiger partial charge < -0.3 is 10.8 Å². The topological polar surface area (TPSA) is 63.3 Å². The molecule has 1 aromatic carbocycles. The zero-order valence-corrected chi connectivity index (χ0v) is 10.5. The van der Waals surface area contributed by atoms with Crippen LogP contribution in [0.2, 0.25) is 0 Å². The number of benzene rings is 1. The number of hydrogen-bond donors (Lipinski definition) is 2. The van der Waals surface area contributed by atoms with Gasteiger partial charge in [0.2, 0.25) is 0 Å². The van der Waals surface area contributed by atoms with Crippen molar-refractivity contribution in [2.45, 2.75) is 31.4 Å². The maximum atomic E-state index is 12.3. The summed E-state index contributed by atoms with van der Waals surface area (Å²) in [6.45, 7) is 1.44. The lowest BCUT2D eigenvalue weighted by molar-refractivity contribution is -0.151. The fourth-order valence-electron chi connectivity index (χ4n) is 1.91. The van der Waals surface area contributed by atoms with Gasteiger partial charge in [0, 0.05) is 13.0 Å². The molecule has 0 aliphatic heterocycles. The number of nitrogens with two attached hydrogens (primary N) is 1. The summed E-state index contributed by atoms with van der Waals surface area (Å²) in [4.78, 5) is 11.4. The van der Waals surface area contributed by atoms with E-state index < -0.39 is 30.4 Å². The average Bonchev–Trinajstić information content (AvgIpc) is 2.30. The summed E-state index contributed by atoms with van der Waals surface area (Å²) in [7, 11) is 0. The molecule has 19 heavy (non-hydrogen) atoms. The predicted molar refractivity (Wildman–Crippen MR) is 64.8 cm³/mol. The summed E-state index contributed by atoms with van der Waals surface area (Å²) in [5.74, 6) is -1.33. The molecule has 1 rings (SSSR count). The van der Waals surface area contributed by atoms with Gasteiger partial charge in [-0.1, -0.05) is 29.8 Å². The second kappa shape index (κ2) is 5.61. The molecule has 3 N–H and O–H groups in total. The normalized spacial score (nSPS) is 15.0. The van der Waals surface area contributed by atoms with Gasteiger partial charge in [-0.3, -0.25) is 4.79 Å². The van der Waals surface area contributed by atoms with Crippen molar-refractivity contribution >= 4 is 5.97 Å². The Kier molecular flexibility index (Phi) is 4.57. The van der Waals surface area contributed by atoms with Crippen molar-refractivity contribution in [3.05, 3.63) is 35.4 Å². The van der Waals surface area contributed by atoms with Crippen LogP contribution in [0.25, 0.3) is 0 Å². The Morgan fingerprint density at radius 2 is 1.74 bits per heavy atom. The van der Waals surface area contributed by atoms with Crippen molar-refractivity contribution in [3.63, 3.8) is 0 Å². The minimum absolute atomic E-state index is 0.303. The lowest BCUT2D eigenvalue weighted by atomic mass is 9.76. The summed E-state index contributed by atoms with van der Waals surface area (Å²) in [5.41, 5.74) is 4.97. The molecular weight excluding hydrogens is 259 g/mol. The molecule has 0 saturated carbocycles. The van der Waals surface area contributed by atoms with Gasteiger partial charge >= 0.3 is 12.1 Å². The van der Waals surface area contributed by atoms with E-state index in [0.29, 0.717) is 5.56 Å². The second-order valence-electron chi connectivity index (χ2n) is 4.57. The van der Waals surface area contributed by atoms with E-state index in [1.54, 1.807) is 12.1 Å². The number of carboxylic acids is 1. The standard InChI is InChI=1S/C13H16F3NO2/c1-9-2-4-10(5-3-9)12(8-17,11(18)19)6-7-13(14,15)16/h2-5H,6-8,17H2,1H3,(H,18,19). The van der Waals surface area contributed by atoms with Crippen LogP contribution in [-0.4, -0.2) is 23.8 Å². The van der Waals surface area contributed by atoms with Gasteiger partial charge in [0.25, 0.3) is 0 Å². The van der Waals surface area contributed by atoms with Crippen molar-refractivity contribution in [2.75, 3.05) is 6.54 Å². The van der Waals surface area contributed by atoms with E-state index in [2.05, 4.69) is 0 Å². The lowest BCUT2D eigenvalue weighted by Crippen LogP contribution is -2.43. The molecule has 3 nitrogen and oxygen atoms in total. The summed E-state index contributed by atoms with van der Waals surface area (Å²) in [6.07, 6.45) is -6.14. The Balaban J connectivity index is 3.12. The van der Waals surface area contributed by atoms with Crippen LogP contribution in [0, 0.1) is 6.92 Å². The van der Waals surface area contributed by atoms with Crippen LogP contribution in [-0.2, 0) is 10.2 Å². The molecular formula is C13H16F3NO2. The SMILES string of the molecule is Cc1ccc(C(CN)(CCC(F)(F)F)C(=O)O)cc1. The fraction of sp³-hybridized carbons (Fsp3) is 0.462. The van der Waals surface area contributed by atoms with Crippen LogP contribution in [0.15, 0.2) is 24.3 Å². The minimum Gasteiger partial charge on any atom is -0.481 e. The number of halogens is 3. The summed E-state index contributed by atoms with van der Waals surface area (Å²) < 4.78 is 37.0. The number of aryl methyl sites for hydroxylation is 1. The van der Waals surface area contributed by atoms with Crippen LogP contribution in [0.1, 0.15) is 24.0 Å². The van der Waals surface area contributed by atoms with Crippen molar-refractivity contribution < 1.29 is 23.1 Å². The first-order valence-electron chi connectivity index (χ1n) is 5.78. The monoisotopic (exact) mass is 275 g/mol. The third kappa shape index (κ3) is 3.70. The molecule has 0 fully saturated rings. The number of rotatable bonds is 5. The largest absolute Gasteiger partial charge is 0.481 e. The molecule has 6 heteroatoms. The highest BCUT2D eigenvalue weighted by Gasteiger charge is 2.42. The lowest BCUT2D eigenvalue weighted by Gasteiger charge is -2.29. The Hall–Kier alpha value is -1.56. The first-order chi connectivity index (χ1) is 8.71. The molecule has 106 valence electrons. The van der Waals surface area contributed by atoms with E-state index >= 15 is 0 Å². The first kappa shape index (κ1) is 15.5. The molecule has 0 bridgehead atoms. The smallest absolute Gasteiger partial charge is 0.389 e. The van der Waals surface area contributed by atoms with E-state index in [-0.39, 0.29) is 6.54 Å². The van der Waals surface area contributed by atoms with Crippen molar-refractivity contribution in [3.8, 4) is 0 Å². The average molecular weight is 275 g/mol. The highest BCUT2D eigenvalue weighted by Crippen LogP contribution is 2.34. The Morgan fingerprint density at radius 1 is 1.21 bits per heavy atom. The van der Waals surface area contributed by atoms with Gasteiger partial charge in [0.1, 0.15) is 5.41 Å². The number of alkyl halides is 3.